The topological polar surface area (TPSA) is 17.4 Å². The fourth-order valence-electron chi connectivity index (χ4n) is 4.83. The van der Waals surface area contributed by atoms with Crippen LogP contribution in [0.4, 0.5) is 13.2 Å². The molecule has 4 rings (SSSR count). The summed E-state index contributed by atoms with van der Waals surface area (Å²) in [5, 5.41) is 1.15. The number of alkyl halides is 3. The first kappa shape index (κ1) is 23.7. The van der Waals surface area contributed by atoms with Crippen molar-refractivity contribution >= 4 is 10.9 Å². The van der Waals surface area contributed by atoms with E-state index < -0.39 is 6.36 Å². The van der Waals surface area contributed by atoms with Gasteiger partial charge < -0.3 is 9.30 Å². The molecule has 0 saturated carbocycles. The number of likely N-dealkylation sites (tertiary alicyclic amines) is 1. The molecule has 1 aromatic heterocycles. The highest BCUT2D eigenvalue weighted by atomic mass is 19.4. The monoisotopic (exact) mass is 458 g/mol. The number of hydrogen-bond acceptors (Lipinski definition) is 2. The molecular formula is C27H33F3N2O. The lowest BCUT2D eigenvalue weighted by Gasteiger charge is -2.31. The van der Waals surface area contributed by atoms with Crippen molar-refractivity contribution in [1.82, 2.24) is 9.47 Å². The molecule has 0 bridgehead atoms. The fourth-order valence-corrected chi connectivity index (χ4v) is 4.83. The summed E-state index contributed by atoms with van der Waals surface area (Å²) < 4.78 is 43.9. The zero-order chi connectivity index (χ0) is 23.4. The van der Waals surface area contributed by atoms with Crippen molar-refractivity contribution in [2.75, 3.05) is 13.1 Å². The van der Waals surface area contributed by atoms with Gasteiger partial charge in [-0.1, -0.05) is 44.9 Å². The van der Waals surface area contributed by atoms with Crippen molar-refractivity contribution in [3.05, 3.63) is 54.2 Å². The van der Waals surface area contributed by atoms with Gasteiger partial charge in [0.15, 0.2) is 0 Å². The van der Waals surface area contributed by atoms with Gasteiger partial charge in [-0.25, -0.2) is 0 Å². The molecule has 33 heavy (non-hydrogen) atoms. The third-order valence-corrected chi connectivity index (χ3v) is 6.79. The predicted octanol–water partition coefficient (Wildman–Crippen LogP) is 7.63. The summed E-state index contributed by atoms with van der Waals surface area (Å²) in [5.41, 5.74) is 4.39. The highest BCUT2D eigenvalue weighted by Gasteiger charge is 2.31. The summed E-state index contributed by atoms with van der Waals surface area (Å²) in [6.07, 6.45) is 3.43. The minimum atomic E-state index is -4.68. The van der Waals surface area contributed by atoms with Gasteiger partial charge in [0.1, 0.15) is 5.75 Å². The van der Waals surface area contributed by atoms with E-state index in [1.54, 1.807) is 12.1 Å². The quantitative estimate of drug-likeness (QED) is 0.345. The van der Waals surface area contributed by atoms with Crippen LogP contribution in [0.1, 0.15) is 51.5 Å². The number of aryl methyl sites for hydroxylation is 1. The summed E-state index contributed by atoms with van der Waals surface area (Å²) in [5.74, 6) is 0.657. The summed E-state index contributed by atoms with van der Waals surface area (Å²) in [4.78, 5) is 2.53. The number of ether oxygens (including phenoxy) is 1. The zero-order valence-corrected chi connectivity index (χ0v) is 19.5. The van der Waals surface area contributed by atoms with Crippen molar-refractivity contribution in [1.29, 1.82) is 0 Å². The molecule has 1 aliphatic heterocycles. The van der Waals surface area contributed by atoms with Crippen LogP contribution >= 0.6 is 0 Å². The third-order valence-electron chi connectivity index (χ3n) is 6.79. The first-order chi connectivity index (χ1) is 15.9. The average Bonchev–Trinajstić information content (AvgIpc) is 3.15. The maximum absolute atomic E-state index is 12.5. The summed E-state index contributed by atoms with van der Waals surface area (Å²) in [6, 6.07) is 12.9. The van der Waals surface area contributed by atoms with Gasteiger partial charge >= 0.3 is 6.36 Å². The lowest BCUT2D eigenvalue weighted by Crippen LogP contribution is -2.32. The number of fused-ring (bicyclic) bond motifs is 1. The Balaban J connectivity index is 1.62. The Morgan fingerprint density at radius 3 is 2.36 bits per heavy atom. The number of hydrogen-bond donors (Lipinski definition) is 0. The molecular weight excluding hydrogens is 425 g/mol. The standard InChI is InChI=1S/C27H33F3N2O/c1-3-5-14-32-19-25(22-7-9-23(10-8-22)33-27(28,29)30)24-17-21(6-11-26(24)32)18-31-15-12-20(4-2)13-16-31/h6-11,17,19-20H,3-5,12-16,18H2,1-2H3. The van der Waals surface area contributed by atoms with Gasteiger partial charge in [-0.2, -0.15) is 0 Å². The van der Waals surface area contributed by atoms with Crippen LogP contribution in [-0.4, -0.2) is 28.9 Å². The number of unbranched alkanes of at least 4 members (excludes halogenated alkanes) is 1. The number of nitrogens with zero attached hydrogens (tertiary/aromatic N) is 2. The Bertz CT molecular complexity index is 1050. The van der Waals surface area contributed by atoms with E-state index in [4.69, 9.17) is 0 Å². The van der Waals surface area contributed by atoms with Crippen LogP contribution in [0.25, 0.3) is 22.0 Å². The van der Waals surface area contributed by atoms with Crippen LogP contribution in [0.2, 0.25) is 0 Å². The molecule has 2 heterocycles. The van der Waals surface area contributed by atoms with Crippen molar-refractivity contribution in [3.63, 3.8) is 0 Å². The Morgan fingerprint density at radius 2 is 1.73 bits per heavy atom. The largest absolute Gasteiger partial charge is 0.573 e. The molecule has 0 N–H and O–H groups in total. The Kier molecular flexibility index (Phi) is 7.32. The summed E-state index contributed by atoms with van der Waals surface area (Å²) in [7, 11) is 0. The van der Waals surface area contributed by atoms with Crippen LogP contribution in [0.15, 0.2) is 48.7 Å². The van der Waals surface area contributed by atoms with E-state index in [0.717, 1.165) is 61.5 Å². The first-order valence-electron chi connectivity index (χ1n) is 12.1. The van der Waals surface area contributed by atoms with Gasteiger partial charge in [0, 0.05) is 35.8 Å². The molecule has 0 radical (unpaired) electrons. The van der Waals surface area contributed by atoms with E-state index in [0.29, 0.717) is 0 Å². The van der Waals surface area contributed by atoms with Crippen LogP contribution in [0, 0.1) is 5.92 Å². The molecule has 1 aliphatic rings. The minimum absolute atomic E-state index is 0.197. The second kappa shape index (κ2) is 10.2. The molecule has 2 aromatic carbocycles. The van der Waals surface area contributed by atoms with Crippen LogP contribution in [0.3, 0.4) is 0 Å². The minimum Gasteiger partial charge on any atom is -0.406 e. The van der Waals surface area contributed by atoms with Gasteiger partial charge in [-0.05, 0) is 73.7 Å². The van der Waals surface area contributed by atoms with Crippen LogP contribution < -0.4 is 4.74 Å². The normalized spacial score (nSPS) is 15.9. The van der Waals surface area contributed by atoms with E-state index in [9.17, 15) is 13.2 Å². The van der Waals surface area contributed by atoms with Crippen LogP contribution in [0.5, 0.6) is 5.75 Å². The fraction of sp³-hybridized carbons (Fsp3) is 0.481. The van der Waals surface area contributed by atoms with Gasteiger partial charge in [0.25, 0.3) is 0 Å². The zero-order valence-electron chi connectivity index (χ0n) is 19.5. The molecule has 0 spiro atoms. The number of benzene rings is 2. The molecule has 3 aromatic rings. The highest BCUT2D eigenvalue weighted by Crippen LogP contribution is 2.34. The number of piperidine rings is 1. The molecule has 1 saturated heterocycles. The maximum atomic E-state index is 12.5. The van der Waals surface area contributed by atoms with E-state index in [-0.39, 0.29) is 5.75 Å². The molecule has 3 nitrogen and oxygen atoms in total. The Labute approximate surface area is 194 Å². The first-order valence-corrected chi connectivity index (χ1v) is 12.1. The summed E-state index contributed by atoms with van der Waals surface area (Å²) in [6.45, 7) is 8.59. The predicted molar refractivity (Wildman–Crippen MR) is 127 cm³/mol. The molecule has 0 atom stereocenters. The number of rotatable bonds is 8. The number of aromatic nitrogens is 1. The maximum Gasteiger partial charge on any atom is 0.573 e. The Hall–Kier alpha value is -2.47. The Morgan fingerprint density at radius 1 is 1.00 bits per heavy atom. The molecule has 178 valence electrons. The second-order valence-corrected chi connectivity index (χ2v) is 9.14. The van der Waals surface area contributed by atoms with Gasteiger partial charge in [0.2, 0.25) is 0 Å². The van der Waals surface area contributed by atoms with Crippen molar-refractivity contribution in [2.24, 2.45) is 5.92 Å². The van der Waals surface area contributed by atoms with Gasteiger partial charge in [0.05, 0.1) is 0 Å². The average molecular weight is 459 g/mol. The third kappa shape index (κ3) is 5.91. The molecule has 0 aliphatic carbocycles. The second-order valence-electron chi connectivity index (χ2n) is 9.14. The lowest BCUT2D eigenvalue weighted by atomic mass is 9.94. The van der Waals surface area contributed by atoms with Crippen molar-refractivity contribution in [2.45, 2.75) is 65.4 Å². The molecule has 0 amide bonds. The van der Waals surface area contributed by atoms with Gasteiger partial charge in [-0.3, -0.25) is 4.90 Å². The van der Waals surface area contributed by atoms with E-state index in [1.807, 2.05) is 0 Å². The number of halogens is 3. The summed E-state index contributed by atoms with van der Waals surface area (Å²) >= 11 is 0. The van der Waals surface area contributed by atoms with Crippen LogP contribution in [-0.2, 0) is 13.1 Å². The smallest absolute Gasteiger partial charge is 0.406 e. The van der Waals surface area contributed by atoms with E-state index >= 15 is 0 Å². The molecule has 6 heteroatoms. The lowest BCUT2D eigenvalue weighted by molar-refractivity contribution is -0.274. The van der Waals surface area contributed by atoms with Crippen molar-refractivity contribution in [3.8, 4) is 16.9 Å². The molecule has 1 fully saturated rings. The van der Waals surface area contributed by atoms with E-state index in [1.165, 1.54) is 42.5 Å². The van der Waals surface area contributed by atoms with Gasteiger partial charge in [-0.15, -0.1) is 13.2 Å². The SMILES string of the molecule is CCCCn1cc(-c2ccc(OC(F)(F)F)cc2)c2cc(CN3CCC(CC)CC3)ccc21. The molecule has 0 unspecified atom stereocenters. The van der Waals surface area contributed by atoms with Crippen molar-refractivity contribution < 1.29 is 17.9 Å². The van der Waals surface area contributed by atoms with E-state index in [2.05, 4.69) is 52.4 Å². The highest BCUT2D eigenvalue weighted by molar-refractivity contribution is 5.96.